The summed E-state index contributed by atoms with van der Waals surface area (Å²) < 4.78 is 36.9. The molecule has 1 atom stereocenters. The highest BCUT2D eigenvalue weighted by Gasteiger charge is 2.29. The summed E-state index contributed by atoms with van der Waals surface area (Å²) in [4.78, 5) is 25.2. The molecule has 2 N–H and O–H groups in total. The number of carbonyl (C=O) groups is 2. The SMILES string of the molecule is CCN(C#N)C(=O)C(CSC)NC(=O)Nc1ccc(SC(F)(F)F)cc1. The van der Waals surface area contributed by atoms with E-state index >= 15 is 0 Å². The van der Waals surface area contributed by atoms with Crippen LogP contribution in [0.2, 0.25) is 0 Å². The number of carbonyl (C=O) groups excluding carboxylic acids is 2. The van der Waals surface area contributed by atoms with Crippen LogP contribution in [0, 0.1) is 11.5 Å². The summed E-state index contributed by atoms with van der Waals surface area (Å²) >= 11 is 1.07. The second-order valence-corrected chi connectivity index (χ2v) is 6.91. The first kappa shape index (κ1) is 22.0. The minimum atomic E-state index is -4.39. The molecule has 1 aromatic rings. The maximum atomic E-state index is 12.3. The standard InChI is InChI=1S/C15H17F3N4O2S2/c1-3-22(9-19)13(23)12(8-25-2)21-14(24)20-10-4-6-11(7-5-10)26-15(16,17)18/h4-7,12H,3,8H2,1-2H3,(H2,20,21,24). The van der Waals surface area contributed by atoms with Crippen LogP contribution in [0.25, 0.3) is 0 Å². The predicted molar refractivity (Wildman–Crippen MR) is 95.7 cm³/mol. The predicted octanol–water partition coefficient (Wildman–Crippen LogP) is 3.48. The number of benzene rings is 1. The Morgan fingerprint density at radius 2 is 1.92 bits per heavy atom. The number of amides is 3. The van der Waals surface area contributed by atoms with Crippen LogP contribution in [-0.4, -0.2) is 46.9 Å². The van der Waals surface area contributed by atoms with Crippen LogP contribution >= 0.6 is 23.5 Å². The number of anilines is 1. The molecule has 11 heteroatoms. The van der Waals surface area contributed by atoms with Gasteiger partial charge in [0.2, 0.25) is 0 Å². The van der Waals surface area contributed by atoms with Crippen LogP contribution in [-0.2, 0) is 4.79 Å². The van der Waals surface area contributed by atoms with E-state index in [0.717, 1.165) is 4.90 Å². The van der Waals surface area contributed by atoms with Crippen LogP contribution in [0.5, 0.6) is 0 Å². The van der Waals surface area contributed by atoms with Crippen molar-refractivity contribution in [1.29, 1.82) is 5.26 Å². The quantitative estimate of drug-likeness (QED) is 0.411. The zero-order valence-electron chi connectivity index (χ0n) is 14.0. The molecular weight excluding hydrogens is 389 g/mol. The number of nitrogens with zero attached hydrogens (tertiary/aromatic N) is 2. The lowest BCUT2D eigenvalue weighted by Gasteiger charge is -2.21. The second-order valence-electron chi connectivity index (χ2n) is 4.86. The number of likely N-dealkylation sites (N-methyl/N-ethyl adjacent to an activating group) is 1. The third kappa shape index (κ3) is 7.45. The Bertz CT molecular complexity index is 662. The van der Waals surface area contributed by atoms with Gasteiger partial charge in [-0.15, -0.1) is 0 Å². The zero-order chi connectivity index (χ0) is 19.7. The highest BCUT2D eigenvalue weighted by atomic mass is 32.2. The molecular formula is C15H17F3N4O2S2. The van der Waals surface area contributed by atoms with Crippen LogP contribution in [0.3, 0.4) is 0 Å². The van der Waals surface area contributed by atoms with E-state index in [1.54, 1.807) is 19.4 Å². The molecule has 0 aromatic heterocycles. The normalized spacial score (nSPS) is 12.0. The first-order valence-corrected chi connectivity index (χ1v) is 9.54. The molecule has 1 rings (SSSR count). The zero-order valence-corrected chi connectivity index (χ0v) is 15.6. The summed E-state index contributed by atoms with van der Waals surface area (Å²) in [5.41, 5.74) is -4.11. The molecule has 26 heavy (non-hydrogen) atoms. The molecule has 0 radical (unpaired) electrons. The van der Waals surface area contributed by atoms with Crippen LogP contribution in [0.1, 0.15) is 6.92 Å². The Balaban J connectivity index is 2.70. The van der Waals surface area contributed by atoms with Gasteiger partial charge in [-0.3, -0.25) is 4.79 Å². The van der Waals surface area contributed by atoms with Crippen molar-refractivity contribution in [2.75, 3.05) is 23.9 Å². The third-order valence-electron chi connectivity index (χ3n) is 2.99. The van der Waals surface area contributed by atoms with Gasteiger partial charge in [-0.05, 0) is 49.2 Å². The highest BCUT2D eigenvalue weighted by molar-refractivity contribution is 8.00. The number of nitriles is 1. The van der Waals surface area contributed by atoms with Crippen molar-refractivity contribution >= 4 is 41.1 Å². The van der Waals surface area contributed by atoms with Gasteiger partial charge < -0.3 is 10.6 Å². The number of nitrogens with one attached hydrogen (secondary N) is 2. The summed E-state index contributed by atoms with van der Waals surface area (Å²) in [5.74, 6) is -0.262. The van der Waals surface area contributed by atoms with E-state index in [-0.39, 0.29) is 34.6 Å². The molecule has 0 saturated carbocycles. The maximum Gasteiger partial charge on any atom is 0.446 e. The summed E-state index contributed by atoms with van der Waals surface area (Å²) in [5, 5.41) is 13.8. The number of hydrogen-bond acceptors (Lipinski definition) is 5. The van der Waals surface area contributed by atoms with Gasteiger partial charge in [0.1, 0.15) is 6.04 Å². The van der Waals surface area contributed by atoms with Crippen LogP contribution in [0.15, 0.2) is 29.2 Å². The Morgan fingerprint density at radius 3 is 2.38 bits per heavy atom. The molecule has 0 fully saturated rings. The first-order chi connectivity index (χ1) is 12.2. The minimum absolute atomic E-state index is 0.00787. The fraction of sp³-hybridized carbons (Fsp3) is 0.400. The molecule has 0 aliphatic carbocycles. The first-order valence-electron chi connectivity index (χ1n) is 7.33. The fourth-order valence-electron chi connectivity index (χ4n) is 1.87. The Labute approximate surface area is 157 Å². The van der Waals surface area contributed by atoms with Gasteiger partial charge in [0.25, 0.3) is 5.91 Å². The van der Waals surface area contributed by atoms with Crippen molar-refractivity contribution in [2.24, 2.45) is 0 Å². The van der Waals surface area contributed by atoms with Crippen molar-refractivity contribution in [2.45, 2.75) is 23.4 Å². The van der Waals surface area contributed by atoms with E-state index in [4.69, 9.17) is 5.26 Å². The molecule has 142 valence electrons. The van der Waals surface area contributed by atoms with Gasteiger partial charge in [-0.1, -0.05) is 0 Å². The van der Waals surface area contributed by atoms with Crippen molar-refractivity contribution in [3.05, 3.63) is 24.3 Å². The smallest absolute Gasteiger partial charge is 0.325 e. The number of thioether (sulfide) groups is 2. The van der Waals surface area contributed by atoms with Crippen LogP contribution < -0.4 is 10.6 Å². The average Bonchev–Trinajstić information content (AvgIpc) is 2.56. The Morgan fingerprint density at radius 1 is 1.31 bits per heavy atom. The molecule has 0 aliphatic rings. The van der Waals surface area contributed by atoms with Gasteiger partial charge in [0.05, 0.1) is 0 Å². The molecule has 3 amide bonds. The number of urea groups is 1. The second kappa shape index (κ2) is 10.2. The van der Waals surface area contributed by atoms with Gasteiger partial charge >= 0.3 is 11.5 Å². The lowest BCUT2D eigenvalue weighted by Crippen LogP contribution is -2.49. The number of hydrogen-bond donors (Lipinski definition) is 2. The Hall–Kier alpha value is -2.06. The van der Waals surface area contributed by atoms with E-state index in [2.05, 4.69) is 10.6 Å². The molecule has 0 bridgehead atoms. The average molecular weight is 406 g/mol. The van der Waals surface area contributed by atoms with E-state index in [1.807, 2.05) is 0 Å². The molecule has 1 unspecified atom stereocenters. The van der Waals surface area contributed by atoms with Crippen molar-refractivity contribution in [1.82, 2.24) is 10.2 Å². The van der Waals surface area contributed by atoms with E-state index in [0.29, 0.717) is 0 Å². The highest BCUT2D eigenvalue weighted by Crippen LogP contribution is 2.36. The fourth-order valence-corrected chi connectivity index (χ4v) is 2.97. The van der Waals surface area contributed by atoms with E-state index < -0.39 is 23.5 Å². The molecule has 0 aliphatic heterocycles. The number of rotatable bonds is 7. The molecule has 6 nitrogen and oxygen atoms in total. The summed E-state index contributed by atoms with van der Waals surface area (Å²) in [7, 11) is 0. The summed E-state index contributed by atoms with van der Waals surface area (Å²) in [6.45, 7) is 1.82. The minimum Gasteiger partial charge on any atom is -0.325 e. The van der Waals surface area contributed by atoms with Gasteiger partial charge in [0.15, 0.2) is 6.19 Å². The van der Waals surface area contributed by atoms with E-state index in [9.17, 15) is 22.8 Å². The van der Waals surface area contributed by atoms with Gasteiger partial charge in [-0.2, -0.15) is 30.2 Å². The number of alkyl halides is 3. The Kier molecular flexibility index (Phi) is 8.60. The van der Waals surface area contributed by atoms with Gasteiger partial charge in [-0.25, -0.2) is 9.69 Å². The van der Waals surface area contributed by atoms with Crippen molar-refractivity contribution in [3.63, 3.8) is 0 Å². The maximum absolute atomic E-state index is 12.3. The summed E-state index contributed by atoms with van der Waals surface area (Å²) in [6, 6.07) is 3.52. The summed E-state index contributed by atoms with van der Waals surface area (Å²) in [6.07, 6.45) is 3.50. The number of halogens is 3. The van der Waals surface area contributed by atoms with E-state index in [1.165, 1.54) is 36.0 Å². The van der Waals surface area contributed by atoms with Crippen molar-refractivity contribution in [3.8, 4) is 6.19 Å². The lowest BCUT2D eigenvalue weighted by molar-refractivity contribution is -0.129. The van der Waals surface area contributed by atoms with Crippen LogP contribution in [0.4, 0.5) is 23.7 Å². The molecule has 0 spiro atoms. The van der Waals surface area contributed by atoms with Crippen molar-refractivity contribution < 1.29 is 22.8 Å². The lowest BCUT2D eigenvalue weighted by atomic mass is 10.3. The molecule has 0 saturated heterocycles. The molecule has 1 aromatic carbocycles. The molecule has 0 heterocycles. The monoisotopic (exact) mass is 406 g/mol. The topological polar surface area (TPSA) is 85.2 Å². The third-order valence-corrected chi connectivity index (χ3v) is 4.39. The van der Waals surface area contributed by atoms with Gasteiger partial charge in [0, 0.05) is 22.9 Å². The largest absolute Gasteiger partial charge is 0.446 e.